The quantitative estimate of drug-likeness (QED) is 0.776. The predicted octanol–water partition coefficient (Wildman–Crippen LogP) is 3.33. The van der Waals surface area contributed by atoms with E-state index in [0.29, 0.717) is 6.54 Å². The summed E-state index contributed by atoms with van der Waals surface area (Å²) in [6, 6.07) is 14.3. The van der Waals surface area contributed by atoms with E-state index in [4.69, 9.17) is 0 Å². The molecule has 25 heavy (non-hydrogen) atoms. The van der Waals surface area contributed by atoms with Crippen LogP contribution in [-0.4, -0.2) is 47.9 Å². The Balaban J connectivity index is 1.42. The fourth-order valence-corrected chi connectivity index (χ4v) is 4.59. The van der Waals surface area contributed by atoms with Gasteiger partial charge in [0, 0.05) is 44.1 Å². The van der Waals surface area contributed by atoms with Crippen LogP contribution in [0.2, 0.25) is 0 Å². The van der Waals surface area contributed by atoms with E-state index < -0.39 is 0 Å². The molecule has 0 saturated carbocycles. The van der Waals surface area contributed by atoms with Gasteiger partial charge in [0.05, 0.1) is 9.83 Å². The van der Waals surface area contributed by atoms with Gasteiger partial charge in [-0.1, -0.05) is 30.3 Å². The highest BCUT2D eigenvalue weighted by molar-refractivity contribution is 9.11. The number of hydrogen-bond acceptors (Lipinski definition) is 4. The summed E-state index contributed by atoms with van der Waals surface area (Å²) in [5, 5.41) is 3.05. The van der Waals surface area contributed by atoms with Crippen molar-refractivity contribution in [2.24, 2.45) is 0 Å². The lowest BCUT2D eigenvalue weighted by Gasteiger charge is -2.37. The number of thiophene rings is 1. The number of rotatable bonds is 6. The van der Waals surface area contributed by atoms with E-state index >= 15 is 0 Å². The van der Waals surface area contributed by atoms with Crippen molar-refractivity contribution in [2.45, 2.75) is 26.1 Å². The minimum absolute atomic E-state index is 0.0817. The van der Waals surface area contributed by atoms with E-state index in [0.717, 1.165) is 38.3 Å². The molecule has 134 valence electrons. The summed E-state index contributed by atoms with van der Waals surface area (Å²) in [4.78, 5) is 18.5. The average Bonchev–Trinajstić information content (AvgIpc) is 3.05. The fourth-order valence-electron chi connectivity index (χ4n) is 3.06. The molecule has 1 aliphatic rings. The molecule has 3 rings (SSSR count). The van der Waals surface area contributed by atoms with Crippen LogP contribution in [0.25, 0.3) is 0 Å². The van der Waals surface area contributed by atoms with Crippen LogP contribution in [0.3, 0.4) is 0 Å². The molecule has 1 atom stereocenters. The van der Waals surface area contributed by atoms with Gasteiger partial charge in [-0.3, -0.25) is 14.6 Å². The topological polar surface area (TPSA) is 35.6 Å². The second-order valence-electron chi connectivity index (χ2n) is 6.40. The average molecular weight is 422 g/mol. The molecule has 0 bridgehead atoms. The third-order valence-electron chi connectivity index (χ3n) is 4.65. The molecule has 1 fully saturated rings. The molecule has 0 radical (unpaired) electrons. The van der Waals surface area contributed by atoms with E-state index in [1.165, 1.54) is 8.66 Å². The predicted molar refractivity (Wildman–Crippen MR) is 107 cm³/mol. The summed E-state index contributed by atoms with van der Waals surface area (Å²) >= 11 is 5.32. The summed E-state index contributed by atoms with van der Waals surface area (Å²) in [6.07, 6.45) is 0. The largest absolute Gasteiger partial charge is 0.351 e. The number of nitrogens with one attached hydrogen (secondary N) is 1. The first kappa shape index (κ1) is 18.6. The third kappa shape index (κ3) is 5.38. The Labute approximate surface area is 162 Å². The number of hydrogen-bond donors (Lipinski definition) is 1. The van der Waals surface area contributed by atoms with Crippen molar-refractivity contribution < 1.29 is 4.79 Å². The summed E-state index contributed by atoms with van der Waals surface area (Å²) in [6.45, 7) is 7.48. The molecule has 1 aromatic heterocycles. The van der Waals surface area contributed by atoms with Crippen LogP contribution in [0.4, 0.5) is 0 Å². The Hall–Kier alpha value is -1.21. The van der Waals surface area contributed by atoms with Gasteiger partial charge in [0.2, 0.25) is 5.91 Å². The Morgan fingerprint density at radius 2 is 1.88 bits per heavy atom. The normalized spacial score (nSPS) is 17.4. The summed E-state index contributed by atoms with van der Waals surface area (Å²) < 4.78 is 1.19. The van der Waals surface area contributed by atoms with Gasteiger partial charge in [-0.2, -0.15) is 0 Å². The van der Waals surface area contributed by atoms with Crippen molar-refractivity contribution in [1.29, 1.82) is 0 Å². The van der Waals surface area contributed by atoms with E-state index in [2.05, 4.69) is 43.2 Å². The Kier molecular flexibility index (Phi) is 6.64. The van der Waals surface area contributed by atoms with Crippen molar-refractivity contribution in [3.05, 3.63) is 56.7 Å². The molecule has 0 spiro atoms. The van der Waals surface area contributed by atoms with Gasteiger partial charge in [-0.25, -0.2) is 0 Å². The molecule has 1 aliphatic heterocycles. The number of amides is 1. The summed E-state index contributed by atoms with van der Waals surface area (Å²) in [5.41, 5.74) is 1.13. The molecule has 1 saturated heterocycles. The van der Waals surface area contributed by atoms with Crippen molar-refractivity contribution in [2.75, 3.05) is 26.2 Å². The van der Waals surface area contributed by atoms with E-state index in [9.17, 15) is 4.79 Å². The molecule has 2 aromatic rings. The lowest BCUT2D eigenvalue weighted by Crippen LogP contribution is -2.53. The molecule has 4 nitrogen and oxygen atoms in total. The zero-order valence-electron chi connectivity index (χ0n) is 14.5. The second-order valence-corrected chi connectivity index (χ2v) is 8.94. The molecule has 1 amide bonds. The highest BCUT2D eigenvalue weighted by Crippen LogP contribution is 2.23. The number of halogens is 1. The molecule has 1 aromatic carbocycles. The Morgan fingerprint density at radius 1 is 1.16 bits per heavy atom. The van der Waals surface area contributed by atoms with Gasteiger partial charge >= 0.3 is 0 Å². The molecular weight excluding hydrogens is 398 g/mol. The molecule has 1 N–H and O–H groups in total. The standard InChI is InChI=1S/C19H24BrN3OS/c1-15(19(24)21-13-16-5-3-2-4-6-16)23-11-9-22(10-12-23)14-17-7-8-18(20)25-17/h2-8,15H,9-14H2,1H3,(H,21,24)/t15-/m1/s1. The van der Waals surface area contributed by atoms with Crippen LogP contribution in [0.1, 0.15) is 17.4 Å². The van der Waals surface area contributed by atoms with Gasteiger partial charge in [0.15, 0.2) is 0 Å². The first-order chi connectivity index (χ1) is 12.1. The van der Waals surface area contributed by atoms with Crippen molar-refractivity contribution in [3.63, 3.8) is 0 Å². The monoisotopic (exact) mass is 421 g/mol. The smallest absolute Gasteiger partial charge is 0.237 e. The van der Waals surface area contributed by atoms with Crippen molar-refractivity contribution in [1.82, 2.24) is 15.1 Å². The fraction of sp³-hybridized carbons (Fsp3) is 0.421. The number of nitrogens with zero attached hydrogens (tertiary/aromatic N) is 2. The van der Waals surface area contributed by atoms with E-state index in [1.807, 2.05) is 37.3 Å². The lowest BCUT2D eigenvalue weighted by atomic mass is 10.2. The number of carbonyl (C=O) groups excluding carboxylic acids is 1. The van der Waals surface area contributed by atoms with E-state index in [-0.39, 0.29) is 11.9 Å². The molecular formula is C19H24BrN3OS. The molecule has 2 heterocycles. The Morgan fingerprint density at radius 3 is 2.52 bits per heavy atom. The van der Waals surface area contributed by atoms with E-state index in [1.54, 1.807) is 11.3 Å². The van der Waals surface area contributed by atoms with Crippen LogP contribution in [0.5, 0.6) is 0 Å². The lowest BCUT2D eigenvalue weighted by molar-refractivity contribution is -0.126. The molecule has 6 heteroatoms. The second kappa shape index (κ2) is 8.94. The van der Waals surface area contributed by atoms with Gasteiger partial charge < -0.3 is 5.32 Å². The summed E-state index contributed by atoms with van der Waals surface area (Å²) in [5.74, 6) is 0.111. The van der Waals surface area contributed by atoms with Crippen LogP contribution in [-0.2, 0) is 17.9 Å². The van der Waals surface area contributed by atoms with Gasteiger partial charge in [-0.15, -0.1) is 11.3 Å². The van der Waals surface area contributed by atoms with Gasteiger partial charge in [0.1, 0.15) is 0 Å². The minimum atomic E-state index is -0.0817. The van der Waals surface area contributed by atoms with Crippen LogP contribution >= 0.6 is 27.3 Å². The molecule has 0 unspecified atom stereocenters. The van der Waals surface area contributed by atoms with Gasteiger partial charge in [0.25, 0.3) is 0 Å². The number of benzene rings is 1. The first-order valence-corrected chi connectivity index (χ1v) is 10.2. The van der Waals surface area contributed by atoms with Crippen molar-refractivity contribution >= 4 is 33.2 Å². The highest BCUT2D eigenvalue weighted by Gasteiger charge is 2.25. The maximum atomic E-state index is 12.4. The zero-order chi connectivity index (χ0) is 17.6. The first-order valence-electron chi connectivity index (χ1n) is 8.64. The zero-order valence-corrected chi connectivity index (χ0v) is 16.9. The SMILES string of the molecule is C[C@H](C(=O)NCc1ccccc1)N1CCN(Cc2ccc(Br)s2)CC1. The maximum absolute atomic E-state index is 12.4. The maximum Gasteiger partial charge on any atom is 0.237 e. The van der Waals surface area contributed by atoms with Crippen LogP contribution in [0.15, 0.2) is 46.3 Å². The van der Waals surface area contributed by atoms with Crippen molar-refractivity contribution in [3.8, 4) is 0 Å². The number of piperazine rings is 1. The third-order valence-corrected chi connectivity index (χ3v) is 6.26. The molecule has 0 aliphatic carbocycles. The van der Waals surface area contributed by atoms with Gasteiger partial charge in [-0.05, 0) is 40.5 Å². The Bertz CT molecular complexity index is 683. The van der Waals surface area contributed by atoms with Crippen LogP contribution in [0, 0.1) is 0 Å². The number of carbonyl (C=O) groups is 1. The van der Waals surface area contributed by atoms with Crippen LogP contribution < -0.4 is 5.32 Å². The highest BCUT2D eigenvalue weighted by atomic mass is 79.9. The minimum Gasteiger partial charge on any atom is -0.351 e. The summed E-state index contributed by atoms with van der Waals surface area (Å²) in [7, 11) is 0.